The van der Waals surface area contributed by atoms with Crippen LogP contribution >= 0.6 is 0 Å². The highest BCUT2D eigenvalue weighted by Crippen LogP contribution is 2.59. The molecule has 3 atom stereocenters. The lowest BCUT2D eigenvalue weighted by Gasteiger charge is -2.24. The summed E-state index contributed by atoms with van der Waals surface area (Å²) in [6.07, 6.45) is 3.33. The lowest BCUT2D eigenvalue weighted by molar-refractivity contribution is 0.0312. The van der Waals surface area contributed by atoms with Crippen molar-refractivity contribution in [3.05, 3.63) is 35.9 Å². The van der Waals surface area contributed by atoms with Gasteiger partial charge in [-0.05, 0) is 36.7 Å². The molecule has 1 heteroatoms. The van der Waals surface area contributed by atoms with Crippen molar-refractivity contribution in [2.75, 3.05) is 0 Å². The maximum absolute atomic E-state index is 10.4. The Morgan fingerprint density at radius 3 is 2.31 bits per heavy atom. The van der Waals surface area contributed by atoms with E-state index < -0.39 is 5.60 Å². The van der Waals surface area contributed by atoms with Gasteiger partial charge in [0.15, 0.2) is 0 Å². The fraction of sp³-hybridized carbons (Fsp3) is 0.500. The third-order valence-corrected chi connectivity index (χ3v) is 3.58. The van der Waals surface area contributed by atoms with E-state index in [-0.39, 0.29) is 0 Å². The van der Waals surface area contributed by atoms with Crippen LogP contribution in [0.5, 0.6) is 0 Å². The molecule has 1 aromatic rings. The molecule has 0 heterocycles. The first-order chi connectivity index (χ1) is 6.28. The first-order valence-electron chi connectivity index (χ1n) is 5.06. The Labute approximate surface area is 78.4 Å². The van der Waals surface area contributed by atoms with Crippen molar-refractivity contribution in [1.82, 2.24) is 0 Å². The maximum Gasteiger partial charge on any atom is 0.0902 e. The van der Waals surface area contributed by atoms with Crippen LogP contribution in [0.3, 0.4) is 0 Å². The van der Waals surface area contributed by atoms with Crippen molar-refractivity contribution in [2.24, 2.45) is 11.8 Å². The molecule has 0 radical (unpaired) electrons. The molecule has 0 bridgehead atoms. The summed E-state index contributed by atoms with van der Waals surface area (Å²) in [7, 11) is 0. The molecule has 0 aliphatic heterocycles. The molecule has 2 saturated carbocycles. The SMILES string of the molecule is OC1(c2ccccc2)C[C@H]2C[C@H]2C1. The first kappa shape index (κ1) is 7.57. The predicted molar refractivity (Wildman–Crippen MR) is 51.2 cm³/mol. The lowest BCUT2D eigenvalue weighted by Crippen LogP contribution is -2.22. The minimum Gasteiger partial charge on any atom is -0.385 e. The van der Waals surface area contributed by atoms with Gasteiger partial charge in [0.25, 0.3) is 0 Å². The van der Waals surface area contributed by atoms with Crippen LogP contribution in [0, 0.1) is 11.8 Å². The Balaban J connectivity index is 1.92. The molecular formula is C12H14O. The molecule has 0 aromatic heterocycles. The number of benzene rings is 1. The fourth-order valence-electron chi connectivity index (χ4n) is 2.75. The average Bonchev–Trinajstić information content (AvgIpc) is 2.77. The smallest absolute Gasteiger partial charge is 0.0902 e. The van der Waals surface area contributed by atoms with Gasteiger partial charge in [-0.25, -0.2) is 0 Å². The second kappa shape index (κ2) is 2.36. The van der Waals surface area contributed by atoms with E-state index in [9.17, 15) is 5.11 Å². The summed E-state index contributed by atoms with van der Waals surface area (Å²) < 4.78 is 0. The van der Waals surface area contributed by atoms with Crippen LogP contribution in [0.1, 0.15) is 24.8 Å². The van der Waals surface area contributed by atoms with Crippen molar-refractivity contribution in [3.63, 3.8) is 0 Å². The third-order valence-electron chi connectivity index (χ3n) is 3.58. The normalized spacial score (nSPS) is 41.6. The Morgan fingerprint density at radius 1 is 1.08 bits per heavy atom. The molecule has 2 aliphatic rings. The van der Waals surface area contributed by atoms with E-state index in [0.29, 0.717) is 0 Å². The highest BCUT2D eigenvalue weighted by Gasteiger charge is 2.53. The van der Waals surface area contributed by atoms with Crippen molar-refractivity contribution in [2.45, 2.75) is 24.9 Å². The summed E-state index contributed by atoms with van der Waals surface area (Å²) in [6.45, 7) is 0. The summed E-state index contributed by atoms with van der Waals surface area (Å²) in [5.41, 5.74) is 0.622. The van der Waals surface area contributed by atoms with E-state index in [4.69, 9.17) is 0 Å². The number of aliphatic hydroxyl groups is 1. The van der Waals surface area contributed by atoms with Gasteiger partial charge in [-0.15, -0.1) is 0 Å². The number of hydrogen-bond acceptors (Lipinski definition) is 1. The summed E-state index contributed by atoms with van der Waals surface area (Å²) in [6, 6.07) is 10.1. The second-order valence-electron chi connectivity index (χ2n) is 4.56. The van der Waals surface area contributed by atoms with Crippen LogP contribution in [0.4, 0.5) is 0 Å². The van der Waals surface area contributed by atoms with E-state index in [0.717, 1.165) is 30.2 Å². The molecule has 3 rings (SSSR count). The highest BCUT2D eigenvalue weighted by atomic mass is 16.3. The van der Waals surface area contributed by atoms with Crippen LogP contribution in [-0.2, 0) is 5.60 Å². The Kier molecular flexibility index (Phi) is 1.37. The van der Waals surface area contributed by atoms with Crippen molar-refractivity contribution < 1.29 is 5.11 Å². The first-order valence-corrected chi connectivity index (χ1v) is 5.06. The molecule has 13 heavy (non-hydrogen) atoms. The molecule has 1 aromatic carbocycles. The average molecular weight is 174 g/mol. The zero-order valence-corrected chi connectivity index (χ0v) is 7.61. The maximum atomic E-state index is 10.4. The van der Waals surface area contributed by atoms with Gasteiger partial charge in [0, 0.05) is 0 Å². The van der Waals surface area contributed by atoms with Crippen LogP contribution in [0.25, 0.3) is 0 Å². The standard InChI is InChI=1S/C12H14O/c13-12(7-9-6-10(9)8-12)11-4-2-1-3-5-11/h1-5,9-10,13H,6-8H2/t9-,10+,12?. The number of hydrogen-bond donors (Lipinski definition) is 1. The minimum absolute atomic E-state index is 0.491. The van der Waals surface area contributed by atoms with E-state index in [1.165, 1.54) is 6.42 Å². The molecule has 2 aliphatic carbocycles. The van der Waals surface area contributed by atoms with Crippen molar-refractivity contribution >= 4 is 0 Å². The summed E-state index contributed by atoms with van der Waals surface area (Å²) in [4.78, 5) is 0. The van der Waals surface area contributed by atoms with Gasteiger partial charge in [0.2, 0.25) is 0 Å². The molecule has 0 amide bonds. The van der Waals surface area contributed by atoms with Gasteiger partial charge >= 0.3 is 0 Å². The van der Waals surface area contributed by atoms with Gasteiger partial charge in [-0.3, -0.25) is 0 Å². The van der Waals surface area contributed by atoms with Gasteiger partial charge in [0.05, 0.1) is 5.60 Å². The van der Waals surface area contributed by atoms with Crippen LogP contribution in [0.15, 0.2) is 30.3 Å². The largest absolute Gasteiger partial charge is 0.385 e. The third kappa shape index (κ3) is 1.11. The molecule has 68 valence electrons. The molecular weight excluding hydrogens is 160 g/mol. The number of fused-ring (bicyclic) bond motifs is 1. The minimum atomic E-state index is -0.491. The molecule has 2 fully saturated rings. The zero-order valence-electron chi connectivity index (χ0n) is 7.61. The topological polar surface area (TPSA) is 20.2 Å². The predicted octanol–water partition coefficient (Wildman–Crippen LogP) is 2.30. The van der Waals surface area contributed by atoms with Crippen molar-refractivity contribution in [3.8, 4) is 0 Å². The monoisotopic (exact) mass is 174 g/mol. The van der Waals surface area contributed by atoms with Crippen molar-refractivity contribution in [1.29, 1.82) is 0 Å². The highest BCUT2D eigenvalue weighted by molar-refractivity contribution is 5.25. The Morgan fingerprint density at radius 2 is 1.69 bits per heavy atom. The van der Waals surface area contributed by atoms with Crippen LogP contribution < -0.4 is 0 Å². The molecule has 1 unspecified atom stereocenters. The van der Waals surface area contributed by atoms with Gasteiger partial charge in [-0.2, -0.15) is 0 Å². The fourth-order valence-corrected chi connectivity index (χ4v) is 2.75. The Hall–Kier alpha value is -0.820. The Bertz CT molecular complexity index is 307. The number of rotatable bonds is 1. The summed E-state index contributed by atoms with van der Waals surface area (Å²) in [5.74, 6) is 1.65. The van der Waals surface area contributed by atoms with E-state index >= 15 is 0 Å². The van der Waals surface area contributed by atoms with Gasteiger partial charge in [0.1, 0.15) is 0 Å². The summed E-state index contributed by atoms with van der Waals surface area (Å²) >= 11 is 0. The second-order valence-corrected chi connectivity index (χ2v) is 4.56. The molecule has 1 nitrogen and oxygen atoms in total. The van der Waals surface area contributed by atoms with Gasteiger partial charge in [-0.1, -0.05) is 30.3 Å². The summed E-state index contributed by atoms with van der Waals surface area (Å²) in [5, 5.41) is 10.4. The molecule has 1 N–H and O–H groups in total. The zero-order chi connectivity index (χ0) is 8.89. The quantitative estimate of drug-likeness (QED) is 0.692. The lowest BCUT2D eigenvalue weighted by atomic mass is 9.89. The van der Waals surface area contributed by atoms with E-state index in [1.54, 1.807) is 0 Å². The van der Waals surface area contributed by atoms with Gasteiger partial charge < -0.3 is 5.11 Å². The van der Waals surface area contributed by atoms with Crippen LogP contribution in [-0.4, -0.2) is 5.11 Å². The van der Waals surface area contributed by atoms with E-state index in [1.807, 2.05) is 30.3 Å². The van der Waals surface area contributed by atoms with E-state index in [2.05, 4.69) is 0 Å². The molecule has 0 saturated heterocycles. The molecule has 0 spiro atoms. The van der Waals surface area contributed by atoms with Crippen LogP contribution in [0.2, 0.25) is 0 Å².